The third kappa shape index (κ3) is 64.8. The van der Waals surface area contributed by atoms with Crippen molar-refractivity contribution in [2.45, 2.75) is 322 Å². The lowest BCUT2D eigenvalue weighted by Gasteiger charge is -2.18. The topological polar surface area (TPSA) is 78.9 Å². The second-order valence-corrected chi connectivity index (χ2v) is 22.0. The number of carbonyl (C=O) groups is 3. The zero-order valence-corrected chi connectivity index (χ0v) is 51.9. The van der Waals surface area contributed by atoms with Crippen LogP contribution in [0.15, 0.2) is 109 Å². The lowest BCUT2D eigenvalue weighted by Crippen LogP contribution is -2.30. The summed E-state index contributed by atoms with van der Waals surface area (Å²) in [6, 6.07) is 0. The Hall–Kier alpha value is -3.93. The molecule has 0 heterocycles. The van der Waals surface area contributed by atoms with E-state index >= 15 is 0 Å². The molecule has 452 valence electrons. The van der Waals surface area contributed by atoms with Crippen molar-refractivity contribution in [1.29, 1.82) is 0 Å². The fourth-order valence-electron chi connectivity index (χ4n) is 9.24. The van der Waals surface area contributed by atoms with Crippen LogP contribution in [-0.2, 0) is 28.6 Å². The van der Waals surface area contributed by atoms with Crippen LogP contribution in [-0.4, -0.2) is 37.2 Å². The smallest absolute Gasteiger partial charge is 0.306 e. The number of ether oxygens (including phenoxy) is 3. The summed E-state index contributed by atoms with van der Waals surface area (Å²) in [5.74, 6) is -0.898. The van der Waals surface area contributed by atoms with Crippen LogP contribution in [0.2, 0.25) is 0 Å². The van der Waals surface area contributed by atoms with Gasteiger partial charge in [-0.15, -0.1) is 0 Å². The summed E-state index contributed by atoms with van der Waals surface area (Å²) in [6.45, 7) is 6.46. The molecular weight excluding hydrogens is 973 g/mol. The molecule has 0 amide bonds. The van der Waals surface area contributed by atoms with Crippen molar-refractivity contribution in [3.05, 3.63) is 109 Å². The summed E-state index contributed by atoms with van der Waals surface area (Å²) in [5.41, 5.74) is 0. The summed E-state index contributed by atoms with van der Waals surface area (Å²) in [5, 5.41) is 0. The van der Waals surface area contributed by atoms with Gasteiger partial charge in [-0.3, -0.25) is 14.4 Å². The van der Waals surface area contributed by atoms with E-state index in [1.807, 2.05) is 0 Å². The van der Waals surface area contributed by atoms with E-state index in [4.69, 9.17) is 14.2 Å². The normalized spacial score (nSPS) is 12.8. The molecule has 0 aromatic carbocycles. The van der Waals surface area contributed by atoms with Crippen LogP contribution in [0.25, 0.3) is 0 Å². The molecule has 0 aliphatic rings. The Morgan fingerprint density at radius 1 is 0.266 bits per heavy atom. The standard InChI is InChI=1S/C73H124O6/c1-4-7-10-13-16-19-22-25-27-29-31-33-34-35-36-37-38-40-41-43-45-48-51-54-57-60-63-66-72(75)78-69-70(68-77-71(74)65-62-59-56-53-50-47-24-21-18-15-12-9-6-3)79-73(76)67-64-61-58-55-52-49-46-44-42-39-32-30-28-26-23-20-17-14-11-8-5-2/h7,10,12,15-16,19,21,23-27,30-33,35-36,70H,4-6,8-9,11,13-14,17-18,20,22,28-29,34,37-69H2,1-3H3/b10-7-,15-12-,19-16-,24-21-,26-23-,27-25-,32-30-,33-31-,36-35-. The average Bonchev–Trinajstić information content (AvgIpc) is 3.45. The predicted molar refractivity (Wildman–Crippen MR) is 343 cm³/mol. The summed E-state index contributed by atoms with van der Waals surface area (Å²) in [4.78, 5) is 38.4. The number of esters is 3. The molecular formula is C73H124O6. The lowest BCUT2D eigenvalue weighted by molar-refractivity contribution is -0.167. The largest absolute Gasteiger partial charge is 0.462 e. The fraction of sp³-hybridized carbons (Fsp3) is 0.712. The number of hydrogen-bond donors (Lipinski definition) is 0. The van der Waals surface area contributed by atoms with Gasteiger partial charge in [-0.2, -0.15) is 0 Å². The van der Waals surface area contributed by atoms with E-state index < -0.39 is 6.10 Å². The van der Waals surface area contributed by atoms with Gasteiger partial charge >= 0.3 is 17.9 Å². The van der Waals surface area contributed by atoms with Gasteiger partial charge in [-0.05, 0) is 122 Å². The van der Waals surface area contributed by atoms with Gasteiger partial charge in [-0.1, -0.05) is 284 Å². The molecule has 0 radical (unpaired) electrons. The van der Waals surface area contributed by atoms with Gasteiger partial charge in [0.25, 0.3) is 0 Å². The number of allylic oxidation sites excluding steroid dienone is 18. The number of rotatable bonds is 60. The molecule has 1 unspecified atom stereocenters. The van der Waals surface area contributed by atoms with Gasteiger partial charge in [0.2, 0.25) is 0 Å². The van der Waals surface area contributed by atoms with Gasteiger partial charge in [0, 0.05) is 19.3 Å². The molecule has 0 aliphatic carbocycles. The molecule has 0 fully saturated rings. The highest BCUT2D eigenvalue weighted by atomic mass is 16.6. The quantitative estimate of drug-likeness (QED) is 0.0261. The van der Waals surface area contributed by atoms with Gasteiger partial charge in [0.1, 0.15) is 13.2 Å². The van der Waals surface area contributed by atoms with Crippen LogP contribution in [0.4, 0.5) is 0 Å². The van der Waals surface area contributed by atoms with E-state index in [9.17, 15) is 14.4 Å². The van der Waals surface area contributed by atoms with Crippen LogP contribution in [0, 0.1) is 0 Å². The highest BCUT2D eigenvalue weighted by Crippen LogP contribution is 2.16. The minimum atomic E-state index is -0.790. The van der Waals surface area contributed by atoms with E-state index in [0.29, 0.717) is 19.3 Å². The summed E-state index contributed by atoms with van der Waals surface area (Å²) < 4.78 is 16.9. The Bertz CT molecular complexity index is 1590. The maximum atomic E-state index is 12.9. The van der Waals surface area contributed by atoms with Crippen LogP contribution in [0.5, 0.6) is 0 Å². The molecule has 6 heteroatoms. The number of carbonyl (C=O) groups excluding carboxylic acids is 3. The second-order valence-electron chi connectivity index (χ2n) is 22.0. The monoisotopic (exact) mass is 1100 g/mol. The SMILES string of the molecule is CC/C=C\C/C=C\C/C=C\C/C=C\C/C=C\CCCCCCCCCCCCCC(=O)OCC(COC(=O)CCCCCCC/C=C\C/C=C\CCC)OC(=O)CCCCCCCCCCC/C=C\C/C=C\CCCCCCC. The maximum Gasteiger partial charge on any atom is 0.306 e. The first-order valence-electron chi connectivity index (χ1n) is 33.4. The first-order valence-corrected chi connectivity index (χ1v) is 33.4. The van der Waals surface area contributed by atoms with E-state index in [1.165, 1.54) is 148 Å². The first kappa shape index (κ1) is 75.1. The average molecular weight is 1100 g/mol. The third-order valence-electron chi connectivity index (χ3n) is 14.2. The van der Waals surface area contributed by atoms with Crippen LogP contribution >= 0.6 is 0 Å². The third-order valence-corrected chi connectivity index (χ3v) is 14.2. The lowest BCUT2D eigenvalue weighted by atomic mass is 10.0. The van der Waals surface area contributed by atoms with E-state index in [0.717, 1.165) is 128 Å². The van der Waals surface area contributed by atoms with E-state index in [1.54, 1.807) is 0 Å². The van der Waals surface area contributed by atoms with Crippen LogP contribution in [0.3, 0.4) is 0 Å². The van der Waals surface area contributed by atoms with Crippen molar-refractivity contribution in [2.75, 3.05) is 13.2 Å². The molecule has 0 rings (SSSR count). The van der Waals surface area contributed by atoms with Gasteiger partial charge in [0.05, 0.1) is 0 Å². The van der Waals surface area contributed by atoms with Crippen molar-refractivity contribution >= 4 is 17.9 Å². The predicted octanol–water partition coefficient (Wildman–Crippen LogP) is 23.0. The molecule has 0 saturated carbocycles. The Morgan fingerprint density at radius 2 is 0.519 bits per heavy atom. The molecule has 0 aromatic heterocycles. The second kappa shape index (κ2) is 66.6. The minimum Gasteiger partial charge on any atom is -0.462 e. The molecule has 1 atom stereocenters. The van der Waals surface area contributed by atoms with Crippen LogP contribution < -0.4 is 0 Å². The van der Waals surface area contributed by atoms with Crippen molar-refractivity contribution in [3.8, 4) is 0 Å². The van der Waals surface area contributed by atoms with Crippen molar-refractivity contribution < 1.29 is 28.6 Å². The Morgan fingerprint density at radius 3 is 0.823 bits per heavy atom. The molecule has 6 nitrogen and oxygen atoms in total. The highest BCUT2D eigenvalue weighted by molar-refractivity contribution is 5.71. The van der Waals surface area contributed by atoms with Gasteiger partial charge in [-0.25, -0.2) is 0 Å². The zero-order valence-electron chi connectivity index (χ0n) is 51.9. The number of unbranched alkanes of at least 4 members (excludes halogenated alkanes) is 31. The highest BCUT2D eigenvalue weighted by Gasteiger charge is 2.19. The van der Waals surface area contributed by atoms with Gasteiger partial charge < -0.3 is 14.2 Å². The van der Waals surface area contributed by atoms with Crippen molar-refractivity contribution in [2.24, 2.45) is 0 Å². The van der Waals surface area contributed by atoms with Crippen molar-refractivity contribution in [1.82, 2.24) is 0 Å². The minimum absolute atomic E-state index is 0.0857. The molecule has 0 spiro atoms. The zero-order chi connectivity index (χ0) is 57.1. The van der Waals surface area contributed by atoms with Gasteiger partial charge in [0.15, 0.2) is 6.10 Å². The molecule has 0 aromatic rings. The molecule has 0 saturated heterocycles. The van der Waals surface area contributed by atoms with E-state index in [-0.39, 0.29) is 31.1 Å². The summed E-state index contributed by atoms with van der Waals surface area (Å²) >= 11 is 0. The van der Waals surface area contributed by atoms with E-state index in [2.05, 4.69) is 130 Å². The summed E-state index contributed by atoms with van der Waals surface area (Å²) in [7, 11) is 0. The molecule has 0 N–H and O–H groups in total. The molecule has 79 heavy (non-hydrogen) atoms. The first-order chi connectivity index (χ1) is 39.0. The Kier molecular flexibility index (Phi) is 63.3. The van der Waals surface area contributed by atoms with Crippen molar-refractivity contribution in [3.63, 3.8) is 0 Å². The summed E-state index contributed by atoms with van der Waals surface area (Å²) in [6.07, 6.45) is 91.0. The molecule has 0 bridgehead atoms. The van der Waals surface area contributed by atoms with Crippen LogP contribution in [0.1, 0.15) is 316 Å². The Labute approximate surface area is 489 Å². The number of hydrogen-bond acceptors (Lipinski definition) is 6. The molecule has 0 aliphatic heterocycles. The Balaban J connectivity index is 4.32. The maximum absolute atomic E-state index is 12.9. The fourth-order valence-corrected chi connectivity index (χ4v) is 9.24.